The highest BCUT2D eigenvalue weighted by molar-refractivity contribution is 7.80. The van der Waals surface area contributed by atoms with Crippen molar-refractivity contribution in [2.24, 2.45) is 5.73 Å². The predicted octanol–water partition coefficient (Wildman–Crippen LogP) is 3.35. The Morgan fingerprint density at radius 1 is 1.05 bits per heavy atom. The molecule has 2 aromatic rings. The highest BCUT2D eigenvalue weighted by Gasteiger charge is 2.07. The first-order valence-electron chi connectivity index (χ1n) is 5.74. The van der Waals surface area contributed by atoms with Crippen LogP contribution in [0.4, 0.5) is 18.9 Å². The highest BCUT2D eigenvalue weighted by atomic mass is 32.1. The normalized spacial score (nSPS) is 10.3. The molecule has 104 valence electrons. The summed E-state index contributed by atoms with van der Waals surface area (Å²) >= 11 is 4.70. The van der Waals surface area contributed by atoms with Gasteiger partial charge in [-0.25, -0.2) is 13.2 Å². The molecule has 0 amide bonds. The molecule has 0 radical (unpaired) electrons. The van der Waals surface area contributed by atoms with Crippen molar-refractivity contribution < 1.29 is 13.2 Å². The Labute approximate surface area is 119 Å². The van der Waals surface area contributed by atoms with Crippen molar-refractivity contribution in [2.45, 2.75) is 6.54 Å². The quantitative estimate of drug-likeness (QED) is 0.850. The van der Waals surface area contributed by atoms with Crippen molar-refractivity contribution in [1.82, 2.24) is 0 Å². The largest absolute Gasteiger partial charge is 0.389 e. The molecule has 0 saturated heterocycles. The summed E-state index contributed by atoms with van der Waals surface area (Å²) in [6.07, 6.45) is 0. The van der Waals surface area contributed by atoms with Crippen molar-refractivity contribution >= 4 is 22.9 Å². The Balaban J connectivity index is 2.11. The molecule has 0 saturated carbocycles. The molecule has 0 aromatic heterocycles. The summed E-state index contributed by atoms with van der Waals surface area (Å²) in [4.78, 5) is -0.0290. The smallest absolute Gasteiger partial charge is 0.135 e. The van der Waals surface area contributed by atoms with E-state index in [9.17, 15) is 13.2 Å². The molecule has 0 unspecified atom stereocenters. The van der Waals surface area contributed by atoms with Crippen LogP contribution in [0.15, 0.2) is 36.4 Å². The fourth-order valence-electron chi connectivity index (χ4n) is 1.69. The third kappa shape index (κ3) is 3.27. The standard InChI is InChI=1S/C14H11F3N2S/c15-9-2-1-8(12(16)5-9)7-19-10-3-4-11(14(18)20)13(17)6-10/h1-6,19H,7H2,(H2,18,20). The maximum absolute atomic E-state index is 13.6. The second-order valence-corrected chi connectivity index (χ2v) is 4.59. The predicted molar refractivity (Wildman–Crippen MR) is 76.0 cm³/mol. The van der Waals surface area contributed by atoms with Crippen LogP contribution < -0.4 is 11.1 Å². The molecule has 2 aromatic carbocycles. The minimum atomic E-state index is -0.655. The van der Waals surface area contributed by atoms with Gasteiger partial charge in [0.1, 0.15) is 22.4 Å². The van der Waals surface area contributed by atoms with E-state index in [0.29, 0.717) is 5.69 Å². The Bertz CT molecular complexity index is 659. The molecule has 0 aliphatic rings. The monoisotopic (exact) mass is 296 g/mol. The number of nitrogens with one attached hydrogen (secondary N) is 1. The molecule has 3 N–H and O–H groups in total. The number of anilines is 1. The average Bonchev–Trinajstić information content (AvgIpc) is 2.37. The summed E-state index contributed by atoms with van der Waals surface area (Å²) in [7, 11) is 0. The molecule has 0 atom stereocenters. The minimum absolute atomic E-state index is 0.0290. The molecule has 0 aliphatic carbocycles. The third-order valence-corrected chi connectivity index (χ3v) is 2.95. The lowest BCUT2D eigenvalue weighted by atomic mass is 10.1. The van der Waals surface area contributed by atoms with E-state index in [1.165, 1.54) is 18.2 Å². The number of rotatable bonds is 4. The van der Waals surface area contributed by atoms with E-state index < -0.39 is 17.5 Å². The van der Waals surface area contributed by atoms with Gasteiger partial charge in [-0.2, -0.15) is 0 Å². The Kier molecular flexibility index (Phi) is 4.24. The van der Waals surface area contributed by atoms with E-state index in [4.69, 9.17) is 18.0 Å². The Morgan fingerprint density at radius 2 is 1.80 bits per heavy atom. The van der Waals surface area contributed by atoms with Crippen LogP contribution in [0.25, 0.3) is 0 Å². The molecule has 0 heterocycles. The van der Waals surface area contributed by atoms with Gasteiger partial charge in [-0.05, 0) is 24.3 Å². The molecule has 0 spiro atoms. The average molecular weight is 296 g/mol. The van der Waals surface area contributed by atoms with Crippen LogP contribution in [0.1, 0.15) is 11.1 Å². The minimum Gasteiger partial charge on any atom is -0.389 e. The number of hydrogen-bond acceptors (Lipinski definition) is 2. The van der Waals surface area contributed by atoms with Crippen molar-refractivity contribution in [3.63, 3.8) is 0 Å². The fraction of sp³-hybridized carbons (Fsp3) is 0.0714. The molecule has 0 aliphatic heterocycles. The van der Waals surface area contributed by atoms with Crippen LogP contribution in [-0.4, -0.2) is 4.99 Å². The van der Waals surface area contributed by atoms with E-state index in [2.05, 4.69) is 5.32 Å². The lowest BCUT2D eigenvalue weighted by molar-refractivity contribution is 0.574. The number of halogens is 3. The van der Waals surface area contributed by atoms with Crippen LogP contribution in [-0.2, 0) is 6.54 Å². The van der Waals surface area contributed by atoms with Crippen molar-refractivity contribution in [3.05, 3.63) is 65.0 Å². The van der Waals surface area contributed by atoms with Gasteiger partial charge in [0.25, 0.3) is 0 Å². The maximum atomic E-state index is 13.6. The van der Waals surface area contributed by atoms with E-state index in [0.717, 1.165) is 12.1 Å². The molecule has 0 fully saturated rings. The molecule has 0 bridgehead atoms. The van der Waals surface area contributed by atoms with Gasteiger partial charge >= 0.3 is 0 Å². The first kappa shape index (κ1) is 14.3. The molecule has 2 rings (SSSR count). The summed E-state index contributed by atoms with van der Waals surface area (Å²) in [6.45, 7) is 0.109. The van der Waals surface area contributed by atoms with E-state index in [1.807, 2.05) is 0 Å². The summed E-state index contributed by atoms with van der Waals surface area (Å²) in [6, 6.07) is 7.54. The summed E-state index contributed by atoms with van der Waals surface area (Å²) < 4.78 is 39.8. The van der Waals surface area contributed by atoms with Gasteiger partial charge in [0.05, 0.1) is 0 Å². The van der Waals surface area contributed by atoms with E-state index in [1.54, 1.807) is 6.07 Å². The second kappa shape index (κ2) is 5.92. The number of hydrogen-bond donors (Lipinski definition) is 2. The number of benzene rings is 2. The Hall–Kier alpha value is -2.08. The first-order chi connectivity index (χ1) is 9.47. The van der Waals surface area contributed by atoms with Crippen molar-refractivity contribution in [2.75, 3.05) is 5.32 Å². The molecular formula is C14H11F3N2S. The van der Waals surface area contributed by atoms with E-state index >= 15 is 0 Å². The van der Waals surface area contributed by atoms with Gasteiger partial charge in [0.15, 0.2) is 0 Å². The number of nitrogens with two attached hydrogens (primary N) is 1. The molecule has 2 nitrogen and oxygen atoms in total. The lowest BCUT2D eigenvalue weighted by Crippen LogP contribution is -2.12. The van der Waals surface area contributed by atoms with Crippen molar-refractivity contribution in [3.8, 4) is 0 Å². The molecule has 20 heavy (non-hydrogen) atoms. The van der Waals surface area contributed by atoms with Crippen molar-refractivity contribution in [1.29, 1.82) is 0 Å². The molecule has 6 heteroatoms. The first-order valence-corrected chi connectivity index (χ1v) is 6.15. The maximum Gasteiger partial charge on any atom is 0.135 e. The topological polar surface area (TPSA) is 38.0 Å². The summed E-state index contributed by atoms with van der Waals surface area (Å²) in [5.41, 5.74) is 6.23. The summed E-state index contributed by atoms with van der Waals surface area (Å²) in [5, 5.41) is 2.84. The van der Waals surface area contributed by atoms with Gasteiger partial charge in [-0.1, -0.05) is 18.3 Å². The zero-order valence-corrected chi connectivity index (χ0v) is 11.1. The van der Waals surface area contributed by atoms with Gasteiger partial charge in [0, 0.05) is 29.4 Å². The third-order valence-electron chi connectivity index (χ3n) is 2.73. The Morgan fingerprint density at radius 3 is 2.40 bits per heavy atom. The highest BCUT2D eigenvalue weighted by Crippen LogP contribution is 2.17. The van der Waals surface area contributed by atoms with Crippen LogP contribution in [0.5, 0.6) is 0 Å². The van der Waals surface area contributed by atoms with Gasteiger partial charge in [0.2, 0.25) is 0 Å². The van der Waals surface area contributed by atoms with E-state index in [-0.39, 0.29) is 22.7 Å². The van der Waals surface area contributed by atoms with Crippen LogP contribution >= 0.6 is 12.2 Å². The van der Waals surface area contributed by atoms with Crippen LogP contribution in [0.3, 0.4) is 0 Å². The second-order valence-electron chi connectivity index (χ2n) is 4.15. The lowest BCUT2D eigenvalue weighted by Gasteiger charge is -2.09. The zero-order chi connectivity index (χ0) is 14.7. The van der Waals surface area contributed by atoms with Gasteiger partial charge < -0.3 is 11.1 Å². The zero-order valence-electron chi connectivity index (χ0n) is 10.3. The SMILES string of the molecule is NC(=S)c1ccc(NCc2ccc(F)cc2F)cc1F. The van der Waals surface area contributed by atoms with Gasteiger partial charge in [-0.3, -0.25) is 0 Å². The van der Waals surface area contributed by atoms with Crippen LogP contribution in [0, 0.1) is 17.5 Å². The number of thiocarbonyl (C=S) groups is 1. The van der Waals surface area contributed by atoms with Crippen LogP contribution in [0.2, 0.25) is 0 Å². The summed E-state index contributed by atoms with van der Waals surface area (Å²) in [5.74, 6) is -1.85. The fourth-order valence-corrected chi connectivity index (χ4v) is 1.85. The molecular weight excluding hydrogens is 285 g/mol. The van der Waals surface area contributed by atoms with Gasteiger partial charge in [-0.15, -0.1) is 0 Å².